The van der Waals surface area contributed by atoms with Crippen molar-refractivity contribution in [1.29, 1.82) is 0 Å². The van der Waals surface area contributed by atoms with E-state index in [1.807, 2.05) is 0 Å². The molecule has 3 heteroatoms. The van der Waals surface area contributed by atoms with Crippen molar-refractivity contribution in [1.82, 2.24) is 4.90 Å². The molecule has 2 N–H and O–H groups in total. The molecule has 0 saturated carbocycles. The Balaban J connectivity index is 2.34. The molecule has 1 saturated heterocycles. The molecule has 1 aromatic carbocycles. The average Bonchev–Trinajstić information content (AvgIpc) is 2.60. The highest BCUT2D eigenvalue weighted by molar-refractivity contribution is 9.10. The zero-order valence-corrected chi connectivity index (χ0v) is 11.5. The molecule has 0 spiro atoms. The highest BCUT2D eigenvalue weighted by atomic mass is 79.9. The van der Waals surface area contributed by atoms with Crippen molar-refractivity contribution in [2.75, 3.05) is 13.1 Å². The van der Waals surface area contributed by atoms with Crippen LogP contribution in [0.3, 0.4) is 0 Å². The van der Waals surface area contributed by atoms with Gasteiger partial charge in [-0.2, -0.15) is 0 Å². The zero-order chi connectivity index (χ0) is 11.7. The van der Waals surface area contributed by atoms with Crippen molar-refractivity contribution in [2.45, 2.75) is 32.4 Å². The molecule has 88 valence electrons. The highest BCUT2D eigenvalue weighted by Crippen LogP contribution is 2.35. The molecular formula is C13H19BrN2. The minimum atomic E-state index is 0.263. The summed E-state index contributed by atoms with van der Waals surface area (Å²) in [4.78, 5) is 2.46. The maximum Gasteiger partial charge on any atom is 0.0510 e. The SMILES string of the molecule is CCN1CCC(N)C1c1ccc(C)cc1Br. The van der Waals surface area contributed by atoms with Gasteiger partial charge in [-0.05, 0) is 37.1 Å². The normalized spacial score (nSPS) is 26.2. The molecule has 0 radical (unpaired) electrons. The second-order valence-corrected chi connectivity index (χ2v) is 5.41. The van der Waals surface area contributed by atoms with Crippen molar-refractivity contribution < 1.29 is 0 Å². The summed E-state index contributed by atoms with van der Waals surface area (Å²) < 4.78 is 1.19. The minimum absolute atomic E-state index is 0.263. The summed E-state index contributed by atoms with van der Waals surface area (Å²) in [5, 5.41) is 0. The molecule has 1 aliphatic rings. The Bertz CT molecular complexity index is 378. The first-order valence-electron chi connectivity index (χ1n) is 5.89. The monoisotopic (exact) mass is 282 g/mol. The van der Waals surface area contributed by atoms with Crippen LogP contribution in [-0.4, -0.2) is 24.0 Å². The molecule has 2 unspecified atom stereocenters. The first kappa shape index (κ1) is 12.1. The number of nitrogens with two attached hydrogens (primary N) is 1. The molecule has 16 heavy (non-hydrogen) atoms. The quantitative estimate of drug-likeness (QED) is 0.904. The lowest BCUT2D eigenvalue weighted by molar-refractivity contribution is 0.260. The second-order valence-electron chi connectivity index (χ2n) is 4.55. The van der Waals surface area contributed by atoms with Gasteiger partial charge in [0, 0.05) is 17.1 Å². The number of halogens is 1. The Hall–Kier alpha value is -0.380. The van der Waals surface area contributed by atoms with E-state index in [1.165, 1.54) is 15.6 Å². The number of nitrogens with zero attached hydrogens (tertiary/aromatic N) is 1. The first-order chi connectivity index (χ1) is 7.63. The largest absolute Gasteiger partial charge is 0.326 e. The number of likely N-dealkylation sites (N-methyl/N-ethyl adjacent to an activating group) is 1. The first-order valence-corrected chi connectivity index (χ1v) is 6.68. The third-order valence-electron chi connectivity index (χ3n) is 3.43. The molecule has 1 heterocycles. The van der Waals surface area contributed by atoms with E-state index in [1.54, 1.807) is 0 Å². The summed E-state index contributed by atoms with van der Waals surface area (Å²) in [5.41, 5.74) is 8.84. The fourth-order valence-electron chi connectivity index (χ4n) is 2.54. The van der Waals surface area contributed by atoms with Crippen LogP contribution >= 0.6 is 15.9 Å². The lowest BCUT2D eigenvalue weighted by Gasteiger charge is -2.27. The van der Waals surface area contributed by atoms with Gasteiger partial charge >= 0.3 is 0 Å². The van der Waals surface area contributed by atoms with E-state index in [-0.39, 0.29) is 6.04 Å². The Morgan fingerprint density at radius 1 is 1.50 bits per heavy atom. The number of aryl methyl sites for hydroxylation is 1. The van der Waals surface area contributed by atoms with Gasteiger partial charge in [0.15, 0.2) is 0 Å². The molecule has 0 aliphatic carbocycles. The van der Waals surface area contributed by atoms with Crippen LogP contribution in [0.4, 0.5) is 0 Å². The number of rotatable bonds is 2. The molecule has 0 aromatic heterocycles. The molecule has 1 aliphatic heterocycles. The number of hydrogen-bond donors (Lipinski definition) is 1. The molecule has 2 rings (SSSR count). The Morgan fingerprint density at radius 2 is 2.25 bits per heavy atom. The summed E-state index contributed by atoms with van der Waals surface area (Å²) in [6, 6.07) is 7.18. The topological polar surface area (TPSA) is 29.3 Å². The van der Waals surface area contributed by atoms with Gasteiger partial charge in [0.2, 0.25) is 0 Å². The van der Waals surface area contributed by atoms with Crippen molar-refractivity contribution in [3.05, 3.63) is 33.8 Å². The molecule has 1 fully saturated rings. The van der Waals surface area contributed by atoms with Gasteiger partial charge in [-0.1, -0.05) is 35.0 Å². The molecule has 0 bridgehead atoms. The van der Waals surface area contributed by atoms with E-state index in [9.17, 15) is 0 Å². The average molecular weight is 283 g/mol. The van der Waals surface area contributed by atoms with Crippen molar-refractivity contribution in [2.24, 2.45) is 5.73 Å². The fraction of sp³-hybridized carbons (Fsp3) is 0.538. The number of hydrogen-bond acceptors (Lipinski definition) is 2. The summed E-state index contributed by atoms with van der Waals surface area (Å²) in [5.74, 6) is 0. The third-order valence-corrected chi connectivity index (χ3v) is 4.12. The van der Waals surface area contributed by atoms with Gasteiger partial charge in [-0.25, -0.2) is 0 Å². The van der Waals surface area contributed by atoms with Crippen LogP contribution in [0.2, 0.25) is 0 Å². The number of likely N-dealkylation sites (tertiary alicyclic amines) is 1. The highest BCUT2D eigenvalue weighted by Gasteiger charge is 2.32. The Labute approximate surface area is 106 Å². The molecule has 2 atom stereocenters. The van der Waals surface area contributed by atoms with Crippen LogP contribution in [0.25, 0.3) is 0 Å². The summed E-state index contributed by atoms with van der Waals surface area (Å²) >= 11 is 3.66. The maximum atomic E-state index is 6.22. The van der Waals surface area contributed by atoms with Gasteiger partial charge in [0.25, 0.3) is 0 Å². The van der Waals surface area contributed by atoms with E-state index in [0.29, 0.717) is 6.04 Å². The maximum absolute atomic E-state index is 6.22. The van der Waals surface area contributed by atoms with Gasteiger partial charge in [-0.3, -0.25) is 4.90 Å². The van der Waals surface area contributed by atoms with E-state index in [0.717, 1.165) is 19.5 Å². The van der Waals surface area contributed by atoms with Crippen LogP contribution in [0, 0.1) is 6.92 Å². The van der Waals surface area contributed by atoms with E-state index in [4.69, 9.17) is 5.73 Å². The molecular weight excluding hydrogens is 264 g/mol. The van der Waals surface area contributed by atoms with Gasteiger partial charge < -0.3 is 5.73 Å². The van der Waals surface area contributed by atoms with Gasteiger partial charge in [0.1, 0.15) is 0 Å². The van der Waals surface area contributed by atoms with Crippen molar-refractivity contribution in [3.8, 4) is 0 Å². The zero-order valence-electron chi connectivity index (χ0n) is 9.91. The van der Waals surface area contributed by atoms with Gasteiger partial charge in [-0.15, -0.1) is 0 Å². The second kappa shape index (κ2) is 4.86. The van der Waals surface area contributed by atoms with Crippen LogP contribution < -0.4 is 5.73 Å². The van der Waals surface area contributed by atoms with E-state index < -0.39 is 0 Å². The summed E-state index contributed by atoms with van der Waals surface area (Å²) in [7, 11) is 0. The third kappa shape index (κ3) is 2.17. The van der Waals surface area contributed by atoms with Crippen molar-refractivity contribution >= 4 is 15.9 Å². The minimum Gasteiger partial charge on any atom is -0.326 e. The molecule has 0 amide bonds. The molecule has 1 aromatic rings. The van der Waals surface area contributed by atoms with Crippen LogP contribution in [0.5, 0.6) is 0 Å². The standard InChI is InChI=1S/C13H19BrN2/c1-3-16-7-6-12(15)13(16)10-5-4-9(2)8-11(10)14/h4-5,8,12-13H,3,6-7,15H2,1-2H3. The Morgan fingerprint density at radius 3 is 2.88 bits per heavy atom. The summed E-state index contributed by atoms with van der Waals surface area (Å²) in [6.07, 6.45) is 1.10. The fourth-order valence-corrected chi connectivity index (χ4v) is 3.26. The van der Waals surface area contributed by atoms with Crippen LogP contribution in [0.15, 0.2) is 22.7 Å². The van der Waals surface area contributed by atoms with E-state index in [2.05, 4.69) is 52.9 Å². The lowest BCUT2D eigenvalue weighted by Crippen LogP contribution is -2.31. The molecule has 2 nitrogen and oxygen atoms in total. The smallest absolute Gasteiger partial charge is 0.0510 e. The van der Waals surface area contributed by atoms with Crippen LogP contribution in [-0.2, 0) is 0 Å². The van der Waals surface area contributed by atoms with Crippen LogP contribution in [0.1, 0.15) is 30.5 Å². The van der Waals surface area contributed by atoms with Gasteiger partial charge in [0.05, 0.1) is 6.04 Å². The number of benzene rings is 1. The predicted molar refractivity (Wildman–Crippen MR) is 71.5 cm³/mol. The summed E-state index contributed by atoms with van der Waals surface area (Å²) in [6.45, 7) is 6.50. The van der Waals surface area contributed by atoms with E-state index >= 15 is 0 Å². The predicted octanol–water partition coefficient (Wildman–Crippen LogP) is 2.85. The van der Waals surface area contributed by atoms with Crippen molar-refractivity contribution in [3.63, 3.8) is 0 Å². The Kier molecular flexibility index (Phi) is 3.67. The lowest BCUT2D eigenvalue weighted by atomic mass is 10.00.